The molecule has 1 aliphatic carbocycles. The first-order valence-corrected chi connectivity index (χ1v) is 7.66. The Bertz CT molecular complexity index is 590. The van der Waals surface area contributed by atoms with E-state index in [9.17, 15) is 0 Å². The Morgan fingerprint density at radius 3 is 2.90 bits per heavy atom. The highest BCUT2D eigenvalue weighted by Crippen LogP contribution is 2.38. The Hall–Kier alpha value is -1.75. The van der Waals surface area contributed by atoms with Gasteiger partial charge in [0.25, 0.3) is 0 Å². The van der Waals surface area contributed by atoms with Gasteiger partial charge in [0, 0.05) is 12.1 Å². The van der Waals surface area contributed by atoms with Gasteiger partial charge in [-0.3, -0.25) is 0 Å². The molecule has 0 bridgehead atoms. The SMILES string of the molecule is CC(NC1CCCC1(C)C)c1cccc(-n2cnnn2)c1. The Balaban J connectivity index is 1.76. The van der Waals surface area contributed by atoms with Crippen molar-refractivity contribution in [1.29, 1.82) is 0 Å². The molecule has 3 rings (SSSR count). The molecule has 1 aromatic carbocycles. The molecule has 2 unspecified atom stereocenters. The van der Waals surface area contributed by atoms with E-state index in [1.165, 1.54) is 24.8 Å². The number of hydrogen-bond donors (Lipinski definition) is 1. The molecule has 0 saturated heterocycles. The van der Waals surface area contributed by atoms with E-state index < -0.39 is 0 Å². The molecule has 0 spiro atoms. The van der Waals surface area contributed by atoms with E-state index in [4.69, 9.17) is 0 Å². The van der Waals surface area contributed by atoms with Crippen molar-refractivity contribution in [2.75, 3.05) is 0 Å². The molecule has 0 radical (unpaired) electrons. The van der Waals surface area contributed by atoms with Gasteiger partial charge in [-0.1, -0.05) is 32.4 Å². The summed E-state index contributed by atoms with van der Waals surface area (Å²) in [6, 6.07) is 9.30. The van der Waals surface area contributed by atoms with E-state index in [0.717, 1.165) is 5.69 Å². The van der Waals surface area contributed by atoms with Crippen molar-refractivity contribution in [1.82, 2.24) is 25.5 Å². The van der Waals surface area contributed by atoms with E-state index in [0.29, 0.717) is 17.5 Å². The molecular weight excluding hydrogens is 262 g/mol. The van der Waals surface area contributed by atoms with Crippen LogP contribution in [0.4, 0.5) is 0 Å². The molecule has 5 heteroatoms. The van der Waals surface area contributed by atoms with Gasteiger partial charge in [0.15, 0.2) is 0 Å². The van der Waals surface area contributed by atoms with Crippen LogP contribution in [0.25, 0.3) is 5.69 Å². The van der Waals surface area contributed by atoms with E-state index in [1.54, 1.807) is 11.0 Å². The topological polar surface area (TPSA) is 55.6 Å². The summed E-state index contributed by atoms with van der Waals surface area (Å²) in [6.07, 6.45) is 5.52. The zero-order valence-corrected chi connectivity index (χ0v) is 13.0. The lowest BCUT2D eigenvalue weighted by molar-refractivity contribution is 0.266. The molecule has 2 aromatic rings. The van der Waals surface area contributed by atoms with Crippen LogP contribution in [0.2, 0.25) is 0 Å². The first-order valence-electron chi connectivity index (χ1n) is 7.66. The van der Waals surface area contributed by atoms with Crippen LogP contribution in [0.1, 0.15) is 51.6 Å². The van der Waals surface area contributed by atoms with Crippen LogP contribution < -0.4 is 5.32 Å². The molecule has 21 heavy (non-hydrogen) atoms. The molecule has 2 atom stereocenters. The maximum absolute atomic E-state index is 3.95. The third-order valence-corrected chi connectivity index (χ3v) is 4.69. The number of tetrazole rings is 1. The predicted molar refractivity (Wildman–Crippen MR) is 82.1 cm³/mol. The Morgan fingerprint density at radius 2 is 2.24 bits per heavy atom. The normalized spacial score (nSPS) is 22.3. The average Bonchev–Trinajstić information content (AvgIpc) is 3.10. The van der Waals surface area contributed by atoms with Crippen LogP contribution in [0.3, 0.4) is 0 Å². The summed E-state index contributed by atoms with van der Waals surface area (Å²) in [4.78, 5) is 0. The van der Waals surface area contributed by atoms with Crippen LogP contribution in [0, 0.1) is 5.41 Å². The first kappa shape index (κ1) is 14.2. The largest absolute Gasteiger partial charge is 0.307 e. The third kappa shape index (κ3) is 2.97. The lowest BCUT2D eigenvalue weighted by atomic mass is 9.86. The number of nitrogens with zero attached hydrogens (tertiary/aromatic N) is 4. The Kier molecular flexibility index (Phi) is 3.76. The summed E-state index contributed by atoms with van der Waals surface area (Å²) in [5.41, 5.74) is 2.66. The van der Waals surface area contributed by atoms with Crippen molar-refractivity contribution in [2.24, 2.45) is 5.41 Å². The van der Waals surface area contributed by atoms with Crippen molar-refractivity contribution in [3.05, 3.63) is 36.2 Å². The van der Waals surface area contributed by atoms with Crippen molar-refractivity contribution in [2.45, 2.75) is 52.1 Å². The highest BCUT2D eigenvalue weighted by atomic mass is 15.5. The maximum Gasteiger partial charge on any atom is 0.143 e. The zero-order chi connectivity index (χ0) is 14.9. The van der Waals surface area contributed by atoms with Gasteiger partial charge >= 0.3 is 0 Å². The van der Waals surface area contributed by atoms with Crippen molar-refractivity contribution >= 4 is 0 Å². The zero-order valence-electron chi connectivity index (χ0n) is 13.0. The van der Waals surface area contributed by atoms with E-state index in [1.807, 2.05) is 6.07 Å². The fourth-order valence-corrected chi connectivity index (χ4v) is 3.25. The van der Waals surface area contributed by atoms with Gasteiger partial charge in [-0.15, -0.1) is 5.10 Å². The predicted octanol–water partition coefficient (Wildman–Crippen LogP) is 2.89. The number of benzene rings is 1. The molecule has 1 N–H and O–H groups in total. The summed E-state index contributed by atoms with van der Waals surface area (Å²) < 4.78 is 1.69. The average molecular weight is 285 g/mol. The Morgan fingerprint density at radius 1 is 1.38 bits per heavy atom. The van der Waals surface area contributed by atoms with Gasteiger partial charge in [0.05, 0.1) is 5.69 Å². The molecule has 112 valence electrons. The van der Waals surface area contributed by atoms with E-state index in [-0.39, 0.29) is 0 Å². The molecule has 1 aliphatic rings. The maximum atomic E-state index is 3.95. The summed E-state index contributed by atoms with van der Waals surface area (Å²) in [6.45, 7) is 6.96. The van der Waals surface area contributed by atoms with E-state index in [2.05, 4.69) is 59.8 Å². The summed E-state index contributed by atoms with van der Waals surface area (Å²) in [7, 11) is 0. The van der Waals surface area contributed by atoms with Gasteiger partial charge in [-0.05, 0) is 53.3 Å². The molecule has 1 saturated carbocycles. The summed E-state index contributed by atoms with van der Waals surface area (Å²) in [5.74, 6) is 0. The van der Waals surface area contributed by atoms with Gasteiger partial charge in [-0.2, -0.15) is 0 Å². The number of nitrogens with one attached hydrogen (secondary N) is 1. The van der Waals surface area contributed by atoms with Gasteiger partial charge < -0.3 is 5.32 Å². The van der Waals surface area contributed by atoms with Crippen LogP contribution in [0.15, 0.2) is 30.6 Å². The summed E-state index contributed by atoms with van der Waals surface area (Å²) in [5, 5.41) is 15.1. The van der Waals surface area contributed by atoms with Gasteiger partial charge in [-0.25, -0.2) is 4.68 Å². The first-order chi connectivity index (χ1) is 10.1. The Labute approximate surface area is 125 Å². The minimum absolute atomic E-state index is 0.323. The summed E-state index contributed by atoms with van der Waals surface area (Å²) >= 11 is 0. The third-order valence-electron chi connectivity index (χ3n) is 4.69. The van der Waals surface area contributed by atoms with Crippen LogP contribution in [-0.4, -0.2) is 26.2 Å². The molecular formula is C16H23N5. The second-order valence-corrected chi connectivity index (χ2v) is 6.67. The van der Waals surface area contributed by atoms with Crippen molar-refractivity contribution in [3.8, 4) is 5.69 Å². The number of hydrogen-bond acceptors (Lipinski definition) is 4. The molecule has 1 heterocycles. The van der Waals surface area contributed by atoms with Crippen molar-refractivity contribution < 1.29 is 0 Å². The molecule has 1 fully saturated rings. The second-order valence-electron chi connectivity index (χ2n) is 6.67. The van der Waals surface area contributed by atoms with Crippen LogP contribution in [0.5, 0.6) is 0 Å². The second kappa shape index (κ2) is 5.56. The quantitative estimate of drug-likeness (QED) is 0.938. The minimum Gasteiger partial charge on any atom is -0.307 e. The monoisotopic (exact) mass is 285 g/mol. The van der Waals surface area contributed by atoms with Gasteiger partial charge in [0.1, 0.15) is 6.33 Å². The number of aromatic nitrogens is 4. The highest BCUT2D eigenvalue weighted by Gasteiger charge is 2.34. The fraction of sp³-hybridized carbons (Fsp3) is 0.562. The van der Waals surface area contributed by atoms with Crippen molar-refractivity contribution in [3.63, 3.8) is 0 Å². The van der Waals surface area contributed by atoms with Crippen LogP contribution in [-0.2, 0) is 0 Å². The smallest absolute Gasteiger partial charge is 0.143 e. The van der Waals surface area contributed by atoms with E-state index >= 15 is 0 Å². The standard InChI is InChI=1S/C16H23N5/c1-12(18-15-8-5-9-16(15,2)3)13-6-4-7-14(10-13)21-11-17-19-20-21/h4,6-7,10-12,15,18H,5,8-9H2,1-3H3. The van der Waals surface area contributed by atoms with Crippen LogP contribution >= 0.6 is 0 Å². The van der Waals surface area contributed by atoms with Gasteiger partial charge in [0.2, 0.25) is 0 Å². The minimum atomic E-state index is 0.323. The fourth-order valence-electron chi connectivity index (χ4n) is 3.25. The lowest BCUT2D eigenvalue weighted by Crippen LogP contribution is -2.39. The molecule has 1 aromatic heterocycles. The molecule has 0 amide bonds. The molecule has 0 aliphatic heterocycles. The molecule has 5 nitrogen and oxygen atoms in total. The highest BCUT2D eigenvalue weighted by molar-refractivity contribution is 5.35. The lowest BCUT2D eigenvalue weighted by Gasteiger charge is -2.31. The number of rotatable bonds is 4.